The summed E-state index contributed by atoms with van der Waals surface area (Å²) in [6.45, 7) is 6.16. The number of hydrazine groups is 1. The van der Waals surface area contributed by atoms with Crippen molar-refractivity contribution in [1.29, 1.82) is 0 Å². The fourth-order valence-corrected chi connectivity index (χ4v) is 0.908. The zero-order chi connectivity index (χ0) is 10.3. The molecule has 0 bridgehead atoms. The molecule has 0 spiro atoms. The van der Waals surface area contributed by atoms with E-state index in [9.17, 15) is 4.79 Å². The Morgan fingerprint density at radius 1 is 1.62 bits per heavy atom. The monoisotopic (exact) mass is 186 g/mol. The summed E-state index contributed by atoms with van der Waals surface area (Å²) < 4.78 is 5.32. The predicted octanol–water partition coefficient (Wildman–Crippen LogP) is 0.594. The highest BCUT2D eigenvalue weighted by atomic mass is 16.5. The first-order valence-corrected chi connectivity index (χ1v) is 4.36. The second kappa shape index (κ2) is 6.62. The fourth-order valence-electron chi connectivity index (χ4n) is 0.908. The van der Waals surface area contributed by atoms with Gasteiger partial charge in [-0.25, -0.2) is 5.84 Å². The largest absolute Gasteiger partial charge is 0.364 e. The lowest BCUT2D eigenvalue weighted by atomic mass is 10.1. The van der Waals surface area contributed by atoms with Crippen molar-refractivity contribution in [2.75, 3.05) is 6.61 Å². The zero-order valence-corrected chi connectivity index (χ0v) is 8.41. The molecule has 4 nitrogen and oxygen atoms in total. The third-order valence-electron chi connectivity index (χ3n) is 1.61. The molecule has 0 aromatic carbocycles. The van der Waals surface area contributed by atoms with Crippen LogP contribution in [-0.4, -0.2) is 18.6 Å². The van der Waals surface area contributed by atoms with E-state index in [0.717, 1.165) is 0 Å². The van der Waals surface area contributed by atoms with Crippen molar-refractivity contribution in [2.45, 2.75) is 26.9 Å². The number of nitrogens with one attached hydrogen (secondary N) is 1. The van der Waals surface area contributed by atoms with Crippen molar-refractivity contribution in [3.63, 3.8) is 0 Å². The molecule has 76 valence electrons. The van der Waals surface area contributed by atoms with Crippen molar-refractivity contribution in [1.82, 2.24) is 5.43 Å². The van der Waals surface area contributed by atoms with Crippen molar-refractivity contribution >= 4 is 5.91 Å². The molecule has 0 radical (unpaired) electrons. The van der Waals surface area contributed by atoms with Gasteiger partial charge in [-0.15, -0.1) is 0 Å². The van der Waals surface area contributed by atoms with Gasteiger partial charge in [0, 0.05) is 0 Å². The van der Waals surface area contributed by atoms with Gasteiger partial charge in [-0.1, -0.05) is 26.0 Å². The Morgan fingerprint density at radius 3 is 2.62 bits per heavy atom. The Morgan fingerprint density at radius 2 is 2.23 bits per heavy atom. The van der Waals surface area contributed by atoms with Crippen LogP contribution >= 0.6 is 0 Å². The fraction of sp³-hybridized carbons (Fsp3) is 0.667. The van der Waals surface area contributed by atoms with Crippen molar-refractivity contribution < 1.29 is 9.53 Å². The number of amides is 1. The molecule has 13 heavy (non-hydrogen) atoms. The molecule has 0 saturated heterocycles. The Hall–Kier alpha value is -0.870. The van der Waals surface area contributed by atoms with E-state index in [4.69, 9.17) is 10.6 Å². The van der Waals surface area contributed by atoms with E-state index in [0.29, 0.717) is 6.61 Å². The van der Waals surface area contributed by atoms with E-state index in [2.05, 4.69) is 5.43 Å². The summed E-state index contributed by atoms with van der Waals surface area (Å²) in [5.41, 5.74) is 2.09. The average molecular weight is 186 g/mol. The summed E-state index contributed by atoms with van der Waals surface area (Å²) in [7, 11) is 0. The van der Waals surface area contributed by atoms with Crippen LogP contribution in [0.15, 0.2) is 12.2 Å². The second-order valence-corrected chi connectivity index (χ2v) is 3.08. The number of hydrogen-bond acceptors (Lipinski definition) is 3. The van der Waals surface area contributed by atoms with Crippen LogP contribution in [0, 0.1) is 5.92 Å². The highest BCUT2D eigenvalue weighted by Crippen LogP contribution is 2.06. The first-order chi connectivity index (χ1) is 6.13. The van der Waals surface area contributed by atoms with Gasteiger partial charge in [0.25, 0.3) is 5.91 Å². The molecule has 1 unspecified atom stereocenters. The van der Waals surface area contributed by atoms with Crippen molar-refractivity contribution in [3.8, 4) is 0 Å². The van der Waals surface area contributed by atoms with Crippen molar-refractivity contribution in [3.05, 3.63) is 12.2 Å². The van der Waals surface area contributed by atoms with Crippen LogP contribution in [-0.2, 0) is 9.53 Å². The van der Waals surface area contributed by atoms with Crippen molar-refractivity contribution in [2.24, 2.45) is 11.8 Å². The number of nitrogens with two attached hydrogens (primary N) is 1. The van der Waals surface area contributed by atoms with Gasteiger partial charge in [0.1, 0.15) is 6.10 Å². The Labute approximate surface area is 79.1 Å². The number of carbonyl (C=O) groups is 1. The molecular weight excluding hydrogens is 168 g/mol. The summed E-state index contributed by atoms with van der Waals surface area (Å²) in [4.78, 5) is 11.2. The first kappa shape index (κ1) is 12.1. The summed E-state index contributed by atoms with van der Waals surface area (Å²) in [6.07, 6.45) is 3.25. The van der Waals surface area contributed by atoms with E-state index in [1.165, 1.54) is 0 Å². The molecule has 0 fully saturated rings. The SMILES string of the molecule is CC=CCOC(C(=O)NN)C(C)C. The number of allylic oxidation sites excluding steroid dienone is 1. The van der Waals surface area contributed by atoms with Gasteiger partial charge in [0.2, 0.25) is 0 Å². The van der Waals surface area contributed by atoms with E-state index < -0.39 is 6.10 Å². The predicted molar refractivity (Wildman–Crippen MR) is 51.7 cm³/mol. The molecule has 4 heteroatoms. The molecule has 1 atom stereocenters. The molecule has 0 rings (SSSR count). The number of rotatable bonds is 5. The zero-order valence-electron chi connectivity index (χ0n) is 8.41. The van der Waals surface area contributed by atoms with E-state index in [-0.39, 0.29) is 11.8 Å². The average Bonchev–Trinajstić information content (AvgIpc) is 2.11. The maximum Gasteiger partial charge on any atom is 0.263 e. The molecule has 3 N–H and O–H groups in total. The quantitative estimate of drug-likeness (QED) is 0.286. The minimum absolute atomic E-state index is 0.119. The molecule has 0 heterocycles. The maximum atomic E-state index is 11.2. The Balaban J connectivity index is 4.02. The highest BCUT2D eigenvalue weighted by Gasteiger charge is 2.21. The van der Waals surface area contributed by atoms with Gasteiger partial charge in [-0.3, -0.25) is 10.2 Å². The smallest absolute Gasteiger partial charge is 0.263 e. The van der Waals surface area contributed by atoms with Gasteiger partial charge in [0.05, 0.1) is 6.61 Å². The normalized spacial score (nSPS) is 13.6. The molecule has 0 aromatic rings. The molecule has 0 aliphatic heterocycles. The number of carbonyl (C=O) groups excluding carboxylic acids is 1. The molecule has 0 aliphatic carbocycles. The van der Waals surface area contributed by atoms with E-state index in [1.54, 1.807) is 0 Å². The molecule has 0 saturated carbocycles. The Kier molecular flexibility index (Phi) is 6.18. The summed E-state index contributed by atoms with van der Waals surface area (Å²) in [6, 6.07) is 0. The van der Waals surface area contributed by atoms with Gasteiger partial charge >= 0.3 is 0 Å². The lowest BCUT2D eigenvalue weighted by Gasteiger charge is -2.18. The first-order valence-electron chi connectivity index (χ1n) is 4.36. The molecule has 0 aromatic heterocycles. The van der Waals surface area contributed by atoms with Crippen LogP contribution in [0.1, 0.15) is 20.8 Å². The molecular formula is C9H18N2O2. The third-order valence-corrected chi connectivity index (χ3v) is 1.61. The summed E-state index contributed by atoms with van der Waals surface area (Å²) in [5, 5.41) is 0. The van der Waals surface area contributed by atoms with Gasteiger partial charge in [-0.05, 0) is 12.8 Å². The van der Waals surface area contributed by atoms with Crippen LogP contribution in [0.5, 0.6) is 0 Å². The number of hydrogen-bond donors (Lipinski definition) is 2. The summed E-state index contributed by atoms with van der Waals surface area (Å²) in [5.74, 6) is 4.86. The second-order valence-electron chi connectivity index (χ2n) is 3.08. The number of ether oxygens (including phenoxy) is 1. The van der Waals surface area contributed by atoms with Crippen LogP contribution in [0.25, 0.3) is 0 Å². The standard InChI is InChI=1S/C9H18N2O2/c1-4-5-6-13-8(7(2)3)9(12)11-10/h4-5,7-8H,6,10H2,1-3H3,(H,11,12). The van der Waals surface area contributed by atoms with Crippen LogP contribution in [0.3, 0.4) is 0 Å². The van der Waals surface area contributed by atoms with E-state index >= 15 is 0 Å². The highest BCUT2D eigenvalue weighted by molar-refractivity contribution is 5.80. The van der Waals surface area contributed by atoms with Gasteiger partial charge < -0.3 is 4.74 Å². The lowest BCUT2D eigenvalue weighted by molar-refractivity contribution is -0.134. The van der Waals surface area contributed by atoms with Gasteiger partial charge in [0.15, 0.2) is 0 Å². The summed E-state index contributed by atoms with van der Waals surface area (Å²) >= 11 is 0. The van der Waals surface area contributed by atoms with Crippen LogP contribution in [0.4, 0.5) is 0 Å². The minimum atomic E-state index is -0.471. The van der Waals surface area contributed by atoms with E-state index in [1.807, 2.05) is 32.9 Å². The van der Waals surface area contributed by atoms with Crippen LogP contribution < -0.4 is 11.3 Å². The third kappa shape index (κ3) is 4.65. The molecule has 0 aliphatic rings. The van der Waals surface area contributed by atoms with Gasteiger partial charge in [-0.2, -0.15) is 0 Å². The lowest BCUT2D eigenvalue weighted by Crippen LogP contribution is -2.43. The minimum Gasteiger partial charge on any atom is -0.364 e. The van der Waals surface area contributed by atoms with Crippen LogP contribution in [0.2, 0.25) is 0 Å². The molecule has 1 amide bonds. The maximum absolute atomic E-state index is 11.2. The topological polar surface area (TPSA) is 64.3 Å². The Bertz CT molecular complexity index is 178.